The molecule has 0 aliphatic heterocycles. The van der Waals surface area contributed by atoms with E-state index in [-0.39, 0.29) is 5.97 Å². The summed E-state index contributed by atoms with van der Waals surface area (Å²) in [5.74, 6) is 1.02. The first-order valence-electron chi connectivity index (χ1n) is 6.33. The summed E-state index contributed by atoms with van der Waals surface area (Å²) < 4.78 is 5.61. The van der Waals surface area contributed by atoms with Gasteiger partial charge in [0.2, 0.25) is 5.95 Å². The maximum absolute atomic E-state index is 11.2. The van der Waals surface area contributed by atoms with E-state index in [1.807, 2.05) is 0 Å². The molecule has 2 N–H and O–H groups in total. The van der Waals surface area contributed by atoms with E-state index in [0.29, 0.717) is 31.3 Å². The number of hydrogen-bond donors (Lipinski definition) is 2. The second-order valence-electron chi connectivity index (χ2n) is 3.80. The predicted molar refractivity (Wildman–Crippen MR) is 78.3 cm³/mol. The first-order valence-corrected chi connectivity index (χ1v) is 7.12. The summed E-state index contributed by atoms with van der Waals surface area (Å²) in [5, 5.41) is 6.19. The number of ether oxygens (including phenoxy) is 1. The van der Waals surface area contributed by atoms with Gasteiger partial charge in [-0.05, 0) is 29.3 Å². The number of halogens is 1. The van der Waals surface area contributed by atoms with Gasteiger partial charge < -0.3 is 15.4 Å². The number of hydrogen-bond acceptors (Lipinski definition) is 6. The Labute approximate surface area is 121 Å². The Morgan fingerprint density at radius 2 is 2.16 bits per heavy atom. The number of nitrogens with zero attached hydrogens (tertiary/aromatic N) is 2. The fourth-order valence-electron chi connectivity index (χ4n) is 1.33. The van der Waals surface area contributed by atoms with Crippen LogP contribution < -0.4 is 10.6 Å². The van der Waals surface area contributed by atoms with Crippen LogP contribution in [0.4, 0.5) is 11.8 Å². The second kappa shape index (κ2) is 8.68. The lowest BCUT2D eigenvalue weighted by Crippen LogP contribution is -2.13. The van der Waals surface area contributed by atoms with Crippen molar-refractivity contribution in [3.8, 4) is 0 Å². The summed E-state index contributed by atoms with van der Waals surface area (Å²) >= 11 is 3.37. The van der Waals surface area contributed by atoms with Crippen molar-refractivity contribution in [3.63, 3.8) is 0 Å². The van der Waals surface area contributed by atoms with Crippen molar-refractivity contribution in [2.75, 3.05) is 30.3 Å². The first kappa shape index (κ1) is 15.7. The third kappa shape index (κ3) is 5.87. The van der Waals surface area contributed by atoms with Crippen LogP contribution in [-0.2, 0) is 9.53 Å². The molecule has 19 heavy (non-hydrogen) atoms. The maximum atomic E-state index is 11.2. The van der Waals surface area contributed by atoms with E-state index in [1.54, 1.807) is 13.1 Å². The number of carbonyl (C=O) groups is 1. The van der Waals surface area contributed by atoms with Gasteiger partial charge in [0.1, 0.15) is 5.82 Å². The lowest BCUT2D eigenvalue weighted by Gasteiger charge is -2.09. The minimum Gasteiger partial charge on any atom is -0.466 e. The van der Waals surface area contributed by atoms with Crippen molar-refractivity contribution in [1.82, 2.24) is 9.97 Å². The summed E-state index contributed by atoms with van der Waals surface area (Å²) in [6, 6.07) is 0. The molecule has 0 amide bonds. The predicted octanol–water partition coefficient (Wildman–Crippen LogP) is 2.43. The Morgan fingerprint density at radius 3 is 2.84 bits per heavy atom. The van der Waals surface area contributed by atoms with Crippen molar-refractivity contribution in [2.24, 2.45) is 0 Å². The van der Waals surface area contributed by atoms with Gasteiger partial charge in [-0.15, -0.1) is 0 Å². The summed E-state index contributed by atoms with van der Waals surface area (Å²) in [4.78, 5) is 19.7. The highest BCUT2D eigenvalue weighted by Crippen LogP contribution is 2.19. The molecule has 0 saturated carbocycles. The van der Waals surface area contributed by atoms with Crippen LogP contribution in [0, 0.1) is 0 Å². The Balaban J connectivity index is 2.49. The molecule has 0 aliphatic carbocycles. The zero-order valence-electron chi connectivity index (χ0n) is 11.2. The van der Waals surface area contributed by atoms with E-state index in [4.69, 9.17) is 4.74 Å². The van der Waals surface area contributed by atoms with Gasteiger partial charge in [-0.3, -0.25) is 4.79 Å². The molecule has 0 unspecified atom stereocenters. The zero-order valence-corrected chi connectivity index (χ0v) is 12.8. The van der Waals surface area contributed by atoms with Crippen LogP contribution in [-0.4, -0.2) is 35.6 Å². The van der Waals surface area contributed by atoms with Gasteiger partial charge in [0, 0.05) is 19.3 Å². The molecule has 0 atom stereocenters. The first-order chi connectivity index (χ1) is 9.17. The van der Waals surface area contributed by atoms with Gasteiger partial charge in [0.15, 0.2) is 0 Å². The van der Waals surface area contributed by atoms with Crippen LogP contribution in [0.1, 0.15) is 26.7 Å². The molecule has 0 saturated heterocycles. The monoisotopic (exact) mass is 330 g/mol. The van der Waals surface area contributed by atoms with E-state index in [9.17, 15) is 4.79 Å². The number of aromatic nitrogens is 2. The summed E-state index contributed by atoms with van der Waals surface area (Å²) in [5.41, 5.74) is 0. The summed E-state index contributed by atoms with van der Waals surface area (Å²) in [7, 11) is 0. The average molecular weight is 331 g/mol. The standard InChI is InChI=1S/C12H19BrN4O2/c1-3-6-15-12-16-8-9(13)11(17-12)14-7-5-10(18)19-4-2/h8H,3-7H2,1-2H3,(H2,14,15,16,17). The largest absolute Gasteiger partial charge is 0.466 e. The minimum atomic E-state index is -0.218. The average Bonchev–Trinajstić information content (AvgIpc) is 2.39. The van der Waals surface area contributed by atoms with Crippen molar-refractivity contribution in [2.45, 2.75) is 26.7 Å². The zero-order chi connectivity index (χ0) is 14.1. The van der Waals surface area contributed by atoms with Crippen LogP contribution >= 0.6 is 15.9 Å². The lowest BCUT2D eigenvalue weighted by atomic mass is 10.4. The Bertz CT molecular complexity index is 415. The van der Waals surface area contributed by atoms with Crippen LogP contribution in [0.5, 0.6) is 0 Å². The number of carbonyl (C=O) groups excluding carboxylic acids is 1. The van der Waals surface area contributed by atoms with Crippen LogP contribution in [0.3, 0.4) is 0 Å². The minimum absolute atomic E-state index is 0.218. The molecule has 1 rings (SSSR count). The Morgan fingerprint density at radius 1 is 1.37 bits per heavy atom. The van der Waals surface area contributed by atoms with Crippen molar-refractivity contribution < 1.29 is 9.53 Å². The number of esters is 1. The van der Waals surface area contributed by atoms with Crippen LogP contribution in [0.15, 0.2) is 10.7 Å². The van der Waals surface area contributed by atoms with E-state index < -0.39 is 0 Å². The fourth-order valence-corrected chi connectivity index (χ4v) is 1.66. The molecule has 0 radical (unpaired) electrons. The Kier molecular flexibility index (Phi) is 7.17. The van der Waals surface area contributed by atoms with E-state index in [1.165, 1.54) is 0 Å². The highest BCUT2D eigenvalue weighted by molar-refractivity contribution is 9.10. The quantitative estimate of drug-likeness (QED) is 0.713. The fraction of sp³-hybridized carbons (Fsp3) is 0.583. The molecule has 0 bridgehead atoms. The van der Waals surface area contributed by atoms with Gasteiger partial charge in [0.25, 0.3) is 0 Å². The van der Waals surface area contributed by atoms with Gasteiger partial charge in [-0.25, -0.2) is 4.98 Å². The smallest absolute Gasteiger partial charge is 0.307 e. The van der Waals surface area contributed by atoms with Gasteiger partial charge in [0.05, 0.1) is 17.5 Å². The molecule has 106 valence electrons. The van der Waals surface area contributed by atoms with Gasteiger partial charge >= 0.3 is 5.97 Å². The molecule has 6 nitrogen and oxygen atoms in total. The molecule has 0 aliphatic rings. The molecule has 0 spiro atoms. The van der Waals surface area contributed by atoms with E-state index in [0.717, 1.165) is 17.4 Å². The highest BCUT2D eigenvalue weighted by atomic mass is 79.9. The topological polar surface area (TPSA) is 76.1 Å². The number of rotatable bonds is 8. The number of anilines is 2. The van der Waals surface area contributed by atoms with E-state index in [2.05, 4.69) is 43.5 Å². The third-order valence-electron chi connectivity index (χ3n) is 2.20. The van der Waals surface area contributed by atoms with Gasteiger partial charge in [-0.1, -0.05) is 6.92 Å². The number of nitrogens with one attached hydrogen (secondary N) is 2. The Hall–Kier alpha value is -1.37. The van der Waals surface area contributed by atoms with Crippen LogP contribution in [0.25, 0.3) is 0 Å². The highest BCUT2D eigenvalue weighted by Gasteiger charge is 2.06. The summed E-state index contributed by atoms with van der Waals surface area (Å²) in [6.45, 7) is 5.56. The molecule has 0 fully saturated rings. The van der Waals surface area contributed by atoms with Crippen molar-refractivity contribution >= 4 is 33.7 Å². The normalized spacial score (nSPS) is 10.1. The molecule has 0 aromatic carbocycles. The SMILES string of the molecule is CCCNc1ncc(Br)c(NCCC(=O)OCC)n1. The molecule has 1 aromatic heterocycles. The van der Waals surface area contributed by atoms with Gasteiger partial charge in [-0.2, -0.15) is 4.98 Å². The second-order valence-corrected chi connectivity index (χ2v) is 4.65. The molecule has 1 heterocycles. The third-order valence-corrected chi connectivity index (χ3v) is 2.78. The van der Waals surface area contributed by atoms with Crippen molar-refractivity contribution in [1.29, 1.82) is 0 Å². The lowest BCUT2D eigenvalue weighted by molar-refractivity contribution is -0.142. The van der Waals surface area contributed by atoms with E-state index >= 15 is 0 Å². The molecular weight excluding hydrogens is 312 g/mol. The molecular formula is C12H19BrN4O2. The summed E-state index contributed by atoms with van der Waals surface area (Å²) in [6.07, 6.45) is 2.99. The molecule has 1 aromatic rings. The van der Waals surface area contributed by atoms with Crippen LogP contribution in [0.2, 0.25) is 0 Å². The maximum Gasteiger partial charge on any atom is 0.307 e. The molecule has 7 heteroatoms. The van der Waals surface area contributed by atoms with Crippen molar-refractivity contribution in [3.05, 3.63) is 10.7 Å².